The molecular weight excluding hydrogens is 161 g/mol. The number of hydrogen-bond acceptors (Lipinski definition) is 2. The van der Waals surface area contributed by atoms with Crippen LogP contribution < -0.4 is 5.32 Å². The molecule has 1 unspecified atom stereocenters. The summed E-state index contributed by atoms with van der Waals surface area (Å²) in [5, 5.41) is 10.8. The van der Waals surface area contributed by atoms with E-state index in [1.807, 2.05) is 0 Å². The van der Waals surface area contributed by atoms with Gasteiger partial charge < -0.3 is 10.4 Å². The highest BCUT2D eigenvalue weighted by molar-refractivity contribution is 5.85. The summed E-state index contributed by atoms with van der Waals surface area (Å²) in [5.74, 6) is -0.963. The van der Waals surface area contributed by atoms with E-state index in [1.165, 1.54) is 0 Å². The SMILES string of the molecule is Cl.O=C(O)[C@H]1CC(F)CN1. The van der Waals surface area contributed by atoms with Crippen molar-refractivity contribution in [3.8, 4) is 0 Å². The molecule has 1 aliphatic rings. The van der Waals surface area contributed by atoms with E-state index in [9.17, 15) is 9.18 Å². The third-order valence-corrected chi connectivity index (χ3v) is 1.38. The molecule has 1 fully saturated rings. The molecule has 0 aromatic heterocycles. The Kier molecular flexibility index (Phi) is 3.60. The number of nitrogens with one attached hydrogen (secondary N) is 1. The van der Waals surface area contributed by atoms with E-state index in [2.05, 4.69) is 5.32 Å². The highest BCUT2D eigenvalue weighted by Crippen LogP contribution is 2.09. The van der Waals surface area contributed by atoms with E-state index in [-0.39, 0.29) is 25.4 Å². The molecule has 1 rings (SSSR count). The number of carbonyl (C=O) groups is 1. The fourth-order valence-electron chi connectivity index (χ4n) is 0.881. The number of halogens is 2. The number of carboxylic acids is 1. The lowest BCUT2D eigenvalue weighted by atomic mass is 10.2. The topological polar surface area (TPSA) is 49.3 Å². The molecule has 0 bridgehead atoms. The van der Waals surface area contributed by atoms with Crippen LogP contribution in [0, 0.1) is 0 Å². The second-order valence-corrected chi connectivity index (χ2v) is 2.13. The Hall–Kier alpha value is -0.350. The average Bonchev–Trinajstić information content (AvgIpc) is 2.14. The van der Waals surface area contributed by atoms with Gasteiger partial charge in [0, 0.05) is 13.0 Å². The van der Waals surface area contributed by atoms with Crippen LogP contribution in [0.1, 0.15) is 6.42 Å². The van der Waals surface area contributed by atoms with Gasteiger partial charge >= 0.3 is 5.97 Å². The number of alkyl halides is 1. The van der Waals surface area contributed by atoms with Crippen LogP contribution in [-0.2, 0) is 4.79 Å². The maximum Gasteiger partial charge on any atom is 0.320 e. The molecule has 0 radical (unpaired) electrons. The Morgan fingerprint density at radius 1 is 1.70 bits per heavy atom. The van der Waals surface area contributed by atoms with Crippen molar-refractivity contribution in [2.24, 2.45) is 0 Å². The predicted molar refractivity (Wildman–Crippen MR) is 36.2 cm³/mol. The number of hydrogen-bond donors (Lipinski definition) is 2. The van der Waals surface area contributed by atoms with E-state index in [0.717, 1.165) is 0 Å². The number of carboxylic acid groups (broad SMARTS) is 1. The van der Waals surface area contributed by atoms with Crippen LogP contribution in [0.4, 0.5) is 4.39 Å². The van der Waals surface area contributed by atoms with E-state index < -0.39 is 18.2 Å². The first-order valence-electron chi connectivity index (χ1n) is 2.80. The van der Waals surface area contributed by atoms with Crippen molar-refractivity contribution in [3.05, 3.63) is 0 Å². The second-order valence-electron chi connectivity index (χ2n) is 2.13. The minimum absolute atomic E-state index is 0. The van der Waals surface area contributed by atoms with E-state index in [4.69, 9.17) is 5.11 Å². The summed E-state index contributed by atoms with van der Waals surface area (Å²) in [7, 11) is 0. The summed E-state index contributed by atoms with van der Waals surface area (Å²) in [6.07, 6.45) is -0.874. The Morgan fingerprint density at radius 2 is 2.30 bits per heavy atom. The van der Waals surface area contributed by atoms with Gasteiger partial charge in [-0.25, -0.2) is 4.39 Å². The first-order valence-corrected chi connectivity index (χ1v) is 2.80. The molecule has 0 spiro atoms. The highest BCUT2D eigenvalue weighted by atomic mass is 35.5. The summed E-state index contributed by atoms with van der Waals surface area (Å²) in [6, 6.07) is -0.667. The van der Waals surface area contributed by atoms with E-state index in [1.54, 1.807) is 0 Å². The van der Waals surface area contributed by atoms with Gasteiger partial charge in [0.1, 0.15) is 12.2 Å². The molecular formula is C5H9ClFNO2. The third-order valence-electron chi connectivity index (χ3n) is 1.38. The van der Waals surface area contributed by atoms with Crippen molar-refractivity contribution in [1.82, 2.24) is 5.32 Å². The highest BCUT2D eigenvalue weighted by Gasteiger charge is 2.28. The molecule has 0 aromatic carbocycles. The van der Waals surface area contributed by atoms with Crippen molar-refractivity contribution in [1.29, 1.82) is 0 Å². The maximum absolute atomic E-state index is 12.2. The molecule has 10 heavy (non-hydrogen) atoms. The zero-order valence-electron chi connectivity index (χ0n) is 5.21. The van der Waals surface area contributed by atoms with Gasteiger partial charge in [-0.15, -0.1) is 12.4 Å². The lowest BCUT2D eigenvalue weighted by Crippen LogP contribution is -2.29. The Balaban J connectivity index is 0.000000810. The van der Waals surface area contributed by atoms with Crippen LogP contribution in [0.15, 0.2) is 0 Å². The molecule has 0 aromatic rings. The molecule has 1 aliphatic heterocycles. The Labute approximate surface area is 64.0 Å². The van der Waals surface area contributed by atoms with Crippen molar-refractivity contribution in [2.75, 3.05) is 6.54 Å². The summed E-state index contributed by atoms with van der Waals surface area (Å²) >= 11 is 0. The van der Waals surface area contributed by atoms with Crippen molar-refractivity contribution in [2.45, 2.75) is 18.6 Å². The summed E-state index contributed by atoms with van der Waals surface area (Å²) in [4.78, 5) is 10.1. The number of rotatable bonds is 1. The summed E-state index contributed by atoms with van der Waals surface area (Å²) in [5.41, 5.74) is 0. The zero-order chi connectivity index (χ0) is 6.85. The lowest BCUT2D eigenvalue weighted by molar-refractivity contribution is -0.139. The first-order chi connectivity index (χ1) is 4.20. The van der Waals surface area contributed by atoms with Crippen LogP contribution in [0.5, 0.6) is 0 Å². The fraction of sp³-hybridized carbons (Fsp3) is 0.800. The molecule has 0 amide bonds. The molecule has 0 saturated carbocycles. The van der Waals surface area contributed by atoms with Crippen LogP contribution in [0.2, 0.25) is 0 Å². The second kappa shape index (κ2) is 3.73. The van der Waals surface area contributed by atoms with E-state index in [0.29, 0.717) is 0 Å². The minimum atomic E-state index is -0.980. The summed E-state index contributed by atoms with van der Waals surface area (Å²) < 4.78 is 12.2. The monoisotopic (exact) mass is 169 g/mol. The van der Waals surface area contributed by atoms with Crippen molar-refractivity contribution in [3.63, 3.8) is 0 Å². The standard InChI is InChI=1S/C5H8FNO2.ClH/c6-3-1-4(5(8)9)7-2-3;/h3-4,7H,1-2H2,(H,8,9);1H/t3?,4-;/m1./s1. The van der Waals surface area contributed by atoms with Crippen LogP contribution >= 0.6 is 12.4 Å². The minimum Gasteiger partial charge on any atom is -0.480 e. The van der Waals surface area contributed by atoms with Gasteiger partial charge in [0.2, 0.25) is 0 Å². The van der Waals surface area contributed by atoms with Gasteiger partial charge in [0.05, 0.1) is 0 Å². The van der Waals surface area contributed by atoms with Gasteiger partial charge in [0.15, 0.2) is 0 Å². The molecule has 1 saturated heterocycles. The van der Waals surface area contributed by atoms with Crippen LogP contribution in [0.3, 0.4) is 0 Å². The smallest absolute Gasteiger partial charge is 0.320 e. The van der Waals surface area contributed by atoms with Gasteiger partial charge in [-0.3, -0.25) is 4.79 Å². The first kappa shape index (κ1) is 9.65. The largest absolute Gasteiger partial charge is 0.480 e. The van der Waals surface area contributed by atoms with Gasteiger partial charge in [-0.1, -0.05) is 0 Å². The van der Waals surface area contributed by atoms with Crippen molar-refractivity contribution < 1.29 is 14.3 Å². The van der Waals surface area contributed by atoms with Crippen LogP contribution in [0.25, 0.3) is 0 Å². The molecule has 60 valence electrons. The van der Waals surface area contributed by atoms with Gasteiger partial charge in [-0.2, -0.15) is 0 Å². The summed E-state index contributed by atoms with van der Waals surface area (Å²) in [6.45, 7) is 0.178. The zero-order valence-corrected chi connectivity index (χ0v) is 6.03. The van der Waals surface area contributed by atoms with Gasteiger partial charge in [-0.05, 0) is 0 Å². The average molecular weight is 170 g/mol. The molecule has 2 N–H and O–H groups in total. The lowest BCUT2D eigenvalue weighted by Gasteiger charge is -1.99. The molecule has 3 nitrogen and oxygen atoms in total. The Morgan fingerprint density at radius 3 is 2.50 bits per heavy atom. The molecule has 0 aliphatic carbocycles. The number of aliphatic carboxylic acids is 1. The van der Waals surface area contributed by atoms with E-state index >= 15 is 0 Å². The molecule has 1 heterocycles. The van der Waals surface area contributed by atoms with Crippen molar-refractivity contribution >= 4 is 18.4 Å². The van der Waals surface area contributed by atoms with Crippen LogP contribution in [-0.4, -0.2) is 29.8 Å². The van der Waals surface area contributed by atoms with Gasteiger partial charge in [0.25, 0.3) is 0 Å². The molecule has 5 heteroatoms. The predicted octanol–water partition coefficient (Wildman–Crippen LogP) is 0.193. The molecule has 2 atom stereocenters. The maximum atomic E-state index is 12.2. The normalized spacial score (nSPS) is 31.3. The fourth-order valence-corrected chi connectivity index (χ4v) is 0.881. The quantitative estimate of drug-likeness (QED) is 0.589. The third kappa shape index (κ3) is 2.11. The Bertz CT molecular complexity index is 133.